The van der Waals surface area contributed by atoms with Crippen LogP contribution in [0.25, 0.3) is 0 Å². The van der Waals surface area contributed by atoms with Crippen LogP contribution in [0.1, 0.15) is 49.3 Å². The number of hydrogen-bond acceptors (Lipinski definition) is 5. The Bertz CT molecular complexity index is 1350. The van der Waals surface area contributed by atoms with Crippen LogP contribution in [-0.2, 0) is 9.59 Å². The molecule has 5 rings (SSSR count). The molecule has 0 saturated heterocycles. The SMILES string of the molecule is CCC(=O)N1c2ccccc2NC2=C(C(=O)C[C@H](c3cccc([N+](=O)[O-])c3)C2)[C@@H]1c1ccccc1. The van der Waals surface area contributed by atoms with E-state index in [2.05, 4.69) is 5.32 Å². The topological polar surface area (TPSA) is 92.6 Å². The molecule has 0 fully saturated rings. The van der Waals surface area contributed by atoms with Crippen LogP contribution in [0, 0.1) is 10.1 Å². The molecule has 0 spiro atoms. The Morgan fingerprint density at radius 3 is 2.46 bits per heavy atom. The number of ketones is 1. The molecule has 7 nitrogen and oxygen atoms in total. The third-order valence-electron chi connectivity index (χ3n) is 6.73. The van der Waals surface area contributed by atoms with Crippen LogP contribution in [-0.4, -0.2) is 16.6 Å². The molecule has 1 N–H and O–H groups in total. The second kappa shape index (κ2) is 9.18. The average molecular weight is 468 g/mol. The molecule has 1 amide bonds. The van der Waals surface area contributed by atoms with Crippen LogP contribution in [0.5, 0.6) is 0 Å². The van der Waals surface area contributed by atoms with E-state index in [4.69, 9.17) is 0 Å². The fourth-order valence-corrected chi connectivity index (χ4v) is 5.11. The summed E-state index contributed by atoms with van der Waals surface area (Å²) in [5, 5.41) is 14.8. The van der Waals surface area contributed by atoms with Crippen LogP contribution in [0.2, 0.25) is 0 Å². The summed E-state index contributed by atoms with van der Waals surface area (Å²) in [5.41, 5.74) is 4.45. The number of para-hydroxylation sites is 2. The first-order chi connectivity index (χ1) is 17.0. The summed E-state index contributed by atoms with van der Waals surface area (Å²) in [6, 6.07) is 23.1. The Hall–Kier alpha value is -4.26. The first-order valence-electron chi connectivity index (χ1n) is 11.7. The predicted octanol–water partition coefficient (Wildman–Crippen LogP) is 5.91. The number of allylic oxidation sites excluding steroid dienone is 1. The van der Waals surface area contributed by atoms with Gasteiger partial charge >= 0.3 is 0 Å². The summed E-state index contributed by atoms with van der Waals surface area (Å²) >= 11 is 0. The number of nitro benzene ring substituents is 1. The molecule has 0 unspecified atom stereocenters. The van der Waals surface area contributed by atoms with Crippen LogP contribution in [0.4, 0.5) is 17.1 Å². The molecule has 2 atom stereocenters. The third-order valence-corrected chi connectivity index (χ3v) is 6.73. The molecule has 2 aliphatic rings. The largest absolute Gasteiger partial charge is 0.357 e. The van der Waals surface area contributed by atoms with Gasteiger partial charge in [0.1, 0.15) is 0 Å². The summed E-state index contributed by atoms with van der Waals surface area (Å²) in [4.78, 5) is 39.8. The molecule has 1 aliphatic carbocycles. The summed E-state index contributed by atoms with van der Waals surface area (Å²) in [6.45, 7) is 1.82. The Morgan fingerprint density at radius 1 is 1.00 bits per heavy atom. The summed E-state index contributed by atoms with van der Waals surface area (Å²) in [7, 11) is 0. The van der Waals surface area contributed by atoms with E-state index in [1.54, 1.807) is 17.0 Å². The van der Waals surface area contributed by atoms with E-state index in [0.29, 0.717) is 18.4 Å². The number of nitrogens with one attached hydrogen (secondary N) is 1. The van der Waals surface area contributed by atoms with Gasteiger partial charge in [-0.3, -0.25) is 24.6 Å². The lowest BCUT2D eigenvalue weighted by Gasteiger charge is -2.35. The number of nitrogens with zero attached hydrogens (tertiary/aromatic N) is 2. The highest BCUT2D eigenvalue weighted by atomic mass is 16.6. The van der Waals surface area contributed by atoms with E-state index in [1.807, 2.05) is 67.6 Å². The van der Waals surface area contributed by atoms with Gasteiger partial charge in [0.05, 0.1) is 22.3 Å². The highest BCUT2D eigenvalue weighted by Gasteiger charge is 2.41. The number of hydrogen-bond donors (Lipinski definition) is 1. The van der Waals surface area contributed by atoms with Gasteiger partial charge in [0.25, 0.3) is 5.69 Å². The van der Waals surface area contributed by atoms with Crippen molar-refractivity contribution in [2.24, 2.45) is 0 Å². The second-order valence-electron chi connectivity index (χ2n) is 8.85. The van der Waals surface area contributed by atoms with Crippen molar-refractivity contribution in [1.82, 2.24) is 0 Å². The van der Waals surface area contributed by atoms with Gasteiger partial charge in [0, 0.05) is 36.2 Å². The van der Waals surface area contributed by atoms with Crippen LogP contribution in [0.15, 0.2) is 90.1 Å². The van der Waals surface area contributed by atoms with Gasteiger partial charge in [-0.1, -0.05) is 61.5 Å². The van der Waals surface area contributed by atoms with E-state index < -0.39 is 11.0 Å². The zero-order chi connectivity index (χ0) is 24.5. The van der Waals surface area contributed by atoms with Crippen LogP contribution >= 0.6 is 0 Å². The Labute approximate surface area is 203 Å². The number of nitro groups is 1. The van der Waals surface area contributed by atoms with Gasteiger partial charge in [-0.2, -0.15) is 0 Å². The van der Waals surface area contributed by atoms with Crippen molar-refractivity contribution < 1.29 is 14.5 Å². The molecule has 176 valence electrons. The Balaban J connectivity index is 1.68. The number of carbonyl (C=O) groups excluding carboxylic acids is 2. The standard InChI is InChI=1S/C28H25N3O4/c1-2-26(33)30-24-14-7-6-13-22(24)29-23-16-20(19-11-8-12-21(15-19)31(34)35)17-25(32)27(23)28(30)18-9-4-3-5-10-18/h3-15,20,28-29H,2,16-17H2,1H3/t20-,28+/m1/s1. The van der Waals surface area contributed by atoms with Gasteiger partial charge in [0.15, 0.2) is 5.78 Å². The maximum Gasteiger partial charge on any atom is 0.269 e. The fraction of sp³-hybridized carbons (Fsp3) is 0.214. The van der Waals surface area contributed by atoms with Gasteiger partial charge < -0.3 is 5.32 Å². The Kier molecular flexibility index (Phi) is 5.91. The molecule has 3 aromatic carbocycles. The molecule has 0 radical (unpaired) electrons. The van der Waals surface area contributed by atoms with Crippen molar-refractivity contribution >= 4 is 28.8 Å². The highest BCUT2D eigenvalue weighted by molar-refractivity contribution is 6.06. The van der Waals surface area contributed by atoms with Crippen molar-refractivity contribution in [3.8, 4) is 0 Å². The fourth-order valence-electron chi connectivity index (χ4n) is 5.11. The zero-order valence-corrected chi connectivity index (χ0v) is 19.3. The van der Waals surface area contributed by atoms with Crippen molar-refractivity contribution in [3.63, 3.8) is 0 Å². The van der Waals surface area contributed by atoms with E-state index in [0.717, 1.165) is 28.2 Å². The molecule has 3 aromatic rings. The average Bonchev–Trinajstić information content (AvgIpc) is 3.03. The number of Topliss-reactive ketones (excluding diaryl/α,β-unsaturated/α-hetero) is 1. The predicted molar refractivity (Wildman–Crippen MR) is 134 cm³/mol. The number of benzene rings is 3. The molecule has 35 heavy (non-hydrogen) atoms. The first kappa shape index (κ1) is 22.5. The van der Waals surface area contributed by atoms with Crippen LogP contribution in [0.3, 0.4) is 0 Å². The first-order valence-corrected chi connectivity index (χ1v) is 11.7. The lowest BCUT2D eigenvalue weighted by atomic mass is 9.78. The number of rotatable bonds is 4. The minimum absolute atomic E-state index is 0.00998. The minimum Gasteiger partial charge on any atom is -0.357 e. The van der Waals surface area contributed by atoms with Crippen molar-refractivity contribution in [1.29, 1.82) is 0 Å². The molecular weight excluding hydrogens is 442 g/mol. The van der Waals surface area contributed by atoms with E-state index in [-0.39, 0.29) is 29.7 Å². The number of fused-ring (bicyclic) bond motifs is 1. The van der Waals surface area contributed by atoms with Crippen molar-refractivity contribution in [2.45, 2.75) is 38.1 Å². The third kappa shape index (κ3) is 4.10. The molecule has 7 heteroatoms. The maximum atomic E-state index is 13.8. The normalized spacial score (nSPS) is 19.3. The second-order valence-corrected chi connectivity index (χ2v) is 8.85. The number of amides is 1. The summed E-state index contributed by atoms with van der Waals surface area (Å²) in [5.74, 6) is -0.341. The lowest BCUT2D eigenvalue weighted by molar-refractivity contribution is -0.384. The minimum atomic E-state index is -0.562. The maximum absolute atomic E-state index is 13.8. The van der Waals surface area contributed by atoms with Gasteiger partial charge in [0.2, 0.25) is 5.91 Å². The van der Waals surface area contributed by atoms with Gasteiger partial charge in [-0.15, -0.1) is 0 Å². The monoisotopic (exact) mass is 467 g/mol. The van der Waals surface area contributed by atoms with Gasteiger partial charge in [-0.05, 0) is 35.6 Å². The van der Waals surface area contributed by atoms with Crippen LogP contribution < -0.4 is 10.2 Å². The highest BCUT2D eigenvalue weighted by Crippen LogP contribution is 2.47. The number of anilines is 2. The van der Waals surface area contributed by atoms with E-state index in [1.165, 1.54) is 6.07 Å². The molecular formula is C28H25N3O4. The summed E-state index contributed by atoms with van der Waals surface area (Å²) in [6.07, 6.45) is 1.02. The number of carbonyl (C=O) groups is 2. The smallest absolute Gasteiger partial charge is 0.269 e. The Morgan fingerprint density at radius 2 is 1.71 bits per heavy atom. The molecule has 1 aliphatic heterocycles. The molecule has 0 bridgehead atoms. The zero-order valence-electron chi connectivity index (χ0n) is 19.3. The van der Waals surface area contributed by atoms with Gasteiger partial charge in [-0.25, -0.2) is 0 Å². The van der Waals surface area contributed by atoms with Crippen molar-refractivity contribution in [3.05, 3.63) is 111 Å². The lowest BCUT2D eigenvalue weighted by Crippen LogP contribution is -2.38. The molecule has 0 aromatic heterocycles. The van der Waals surface area contributed by atoms with E-state index in [9.17, 15) is 19.7 Å². The van der Waals surface area contributed by atoms with E-state index >= 15 is 0 Å². The van der Waals surface area contributed by atoms with Crippen molar-refractivity contribution in [2.75, 3.05) is 10.2 Å². The number of non-ortho nitro benzene ring substituents is 1. The molecule has 1 heterocycles. The summed E-state index contributed by atoms with van der Waals surface area (Å²) < 4.78 is 0. The molecule has 0 saturated carbocycles. The quantitative estimate of drug-likeness (QED) is 0.381.